The van der Waals surface area contributed by atoms with E-state index in [-0.39, 0.29) is 11.9 Å². The number of methoxy groups -OCH3 is 1. The van der Waals surface area contributed by atoms with Crippen molar-refractivity contribution in [1.29, 1.82) is 0 Å². The Bertz CT molecular complexity index is 992. The van der Waals surface area contributed by atoms with Crippen LogP contribution in [0.2, 0.25) is 0 Å². The van der Waals surface area contributed by atoms with Gasteiger partial charge < -0.3 is 14.8 Å². The lowest BCUT2D eigenvalue weighted by atomic mass is 9.97. The first kappa shape index (κ1) is 21.3. The lowest BCUT2D eigenvalue weighted by Crippen LogP contribution is -2.44. The van der Waals surface area contributed by atoms with Gasteiger partial charge in [0.25, 0.3) is 0 Å². The average molecular weight is 419 g/mol. The molecular weight excluding hydrogens is 388 g/mol. The highest BCUT2D eigenvalue weighted by atomic mass is 16.5. The molecular formula is C26H30N2O3. The predicted octanol–water partition coefficient (Wildman–Crippen LogP) is 3.97. The molecule has 1 aliphatic rings. The molecule has 0 bridgehead atoms. The minimum Gasteiger partial charge on any atom is -0.497 e. The molecule has 1 heterocycles. The first-order valence-electron chi connectivity index (χ1n) is 10.9. The minimum absolute atomic E-state index is 0.0781. The number of ether oxygens (including phenoxy) is 2. The SMILES string of the molecule is COc1ccc(CCC(=O)NC[C@H](c2cccc3ccccc23)N2CCOCC2)cc1. The topological polar surface area (TPSA) is 50.8 Å². The largest absolute Gasteiger partial charge is 0.497 e. The summed E-state index contributed by atoms with van der Waals surface area (Å²) < 4.78 is 10.8. The van der Waals surface area contributed by atoms with Crippen LogP contribution in [0.15, 0.2) is 66.7 Å². The molecule has 1 saturated heterocycles. The summed E-state index contributed by atoms with van der Waals surface area (Å²) in [6, 6.07) is 22.9. The van der Waals surface area contributed by atoms with Gasteiger partial charge in [0.2, 0.25) is 5.91 Å². The number of hydrogen-bond acceptors (Lipinski definition) is 4. The Morgan fingerprint density at radius 2 is 1.77 bits per heavy atom. The van der Waals surface area contributed by atoms with Crippen molar-refractivity contribution >= 4 is 16.7 Å². The van der Waals surface area contributed by atoms with Crippen molar-refractivity contribution in [2.24, 2.45) is 0 Å². The van der Waals surface area contributed by atoms with E-state index in [1.807, 2.05) is 24.3 Å². The van der Waals surface area contributed by atoms with Gasteiger partial charge in [0.15, 0.2) is 0 Å². The number of benzene rings is 3. The lowest BCUT2D eigenvalue weighted by molar-refractivity contribution is -0.121. The molecule has 1 atom stereocenters. The highest BCUT2D eigenvalue weighted by Gasteiger charge is 2.24. The van der Waals surface area contributed by atoms with Crippen LogP contribution >= 0.6 is 0 Å². The second kappa shape index (κ2) is 10.4. The van der Waals surface area contributed by atoms with Crippen LogP contribution in [0, 0.1) is 0 Å². The number of nitrogens with zero attached hydrogens (tertiary/aromatic N) is 1. The summed E-state index contributed by atoms with van der Waals surface area (Å²) in [5, 5.41) is 5.66. The van der Waals surface area contributed by atoms with Crippen molar-refractivity contribution in [3.63, 3.8) is 0 Å². The van der Waals surface area contributed by atoms with Gasteiger partial charge in [0, 0.05) is 26.1 Å². The van der Waals surface area contributed by atoms with E-state index in [2.05, 4.69) is 52.7 Å². The van der Waals surface area contributed by atoms with Gasteiger partial charge in [-0.05, 0) is 40.5 Å². The zero-order chi connectivity index (χ0) is 21.5. The van der Waals surface area contributed by atoms with E-state index in [4.69, 9.17) is 9.47 Å². The fraction of sp³-hybridized carbons (Fsp3) is 0.346. The van der Waals surface area contributed by atoms with E-state index < -0.39 is 0 Å². The van der Waals surface area contributed by atoms with Crippen molar-refractivity contribution in [1.82, 2.24) is 10.2 Å². The van der Waals surface area contributed by atoms with Crippen LogP contribution in [0.25, 0.3) is 10.8 Å². The van der Waals surface area contributed by atoms with Crippen LogP contribution in [0.5, 0.6) is 5.75 Å². The van der Waals surface area contributed by atoms with Crippen LogP contribution in [0.3, 0.4) is 0 Å². The van der Waals surface area contributed by atoms with E-state index in [0.29, 0.717) is 19.4 Å². The molecule has 0 unspecified atom stereocenters. The van der Waals surface area contributed by atoms with Gasteiger partial charge in [-0.3, -0.25) is 9.69 Å². The molecule has 31 heavy (non-hydrogen) atoms. The second-order valence-corrected chi connectivity index (χ2v) is 7.88. The van der Waals surface area contributed by atoms with Gasteiger partial charge in [-0.25, -0.2) is 0 Å². The summed E-state index contributed by atoms with van der Waals surface area (Å²) in [6.45, 7) is 3.79. The van der Waals surface area contributed by atoms with Gasteiger partial charge in [-0.1, -0.05) is 54.6 Å². The Balaban J connectivity index is 1.44. The maximum Gasteiger partial charge on any atom is 0.220 e. The van der Waals surface area contributed by atoms with Crippen molar-refractivity contribution < 1.29 is 14.3 Å². The number of rotatable bonds is 8. The zero-order valence-corrected chi connectivity index (χ0v) is 18.0. The van der Waals surface area contributed by atoms with Crippen LogP contribution in [-0.2, 0) is 16.0 Å². The van der Waals surface area contributed by atoms with E-state index in [1.54, 1.807) is 7.11 Å². The lowest BCUT2D eigenvalue weighted by Gasteiger charge is -2.35. The van der Waals surface area contributed by atoms with Crippen molar-refractivity contribution in [3.8, 4) is 5.75 Å². The van der Waals surface area contributed by atoms with Crippen LogP contribution in [0.1, 0.15) is 23.6 Å². The summed E-state index contributed by atoms with van der Waals surface area (Å²) in [5.41, 5.74) is 2.39. The van der Waals surface area contributed by atoms with Crippen molar-refractivity contribution in [2.45, 2.75) is 18.9 Å². The molecule has 1 N–H and O–H groups in total. The fourth-order valence-corrected chi connectivity index (χ4v) is 4.21. The van der Waals surface area contributed by atoms with Gasteiger partial charge in [-0.2, -0.15) is 0 Å². The van der Waals surface area contributed by atoms with Crippen molar-refractivity contribution in [3.05, 3.63) is 77.9 Å². The number of morpholine rings is 1. The molecule has 1 amide bonds. The molecule has 0 radical (unpaired) electrons. The molecule has 0 aliphatic carbocycles. The molecule has 4 rings (SSSR count). The Hall–Kier alpha value is -2.89. The number of amides is 1. The maximum absolute atomic E-state index is 12.6. The Morgan fingerprint density at radius 3 is 2.55 bits per heavy atom. The number of carbonyl (C=O) groups excluding carboxylic acids is 1. The number of aryl methyl sites for hydroxylation is 1. The number of fused-ring (bicyclic) bond motifs is 1. The van der Waals surface area contributed by atoms with Crippen LogP contribution in [-0.4, -0.2) is 50.8 Å². The second-order valence-electron chi connectivity index (χ2n) is 7.88. The summed E-state index contributed by atoms with van der Waals surface area (Å²) in [4.78, 5) is 15.1. The van der Waals surface area contributed by atoms with Gasteiger partial charge in [0.05, 0.1) is 26.4 Å². The molecule has 5 nitrogen and oxygen atoms in total. The quantitative estimate of drug-likeness (QED) is 0.601. The molecule has 162 valence electrons. The van der Waals surface area contributed by atoms with E-state index in [0.717, 1.165) is 37.6 Å². The number of nitrogens with one attached hydrogen (secondary N) is 1. The first-order chi connectivity index (χ1) is 15.2. The maximum atomic E-state index is 12.6. The normalized spacial score (nSPS) is 15.5. The number of carbonyl (C=O) groups is 1. The molecule has 0 saturated carbocycles. The van der Waals surface area contributed by atoms with Gasteiger partial charge in [-0.15, -0.1) is 0 Å². The van der Waals surface area contributed by atoms with E-state index >= 15 is 0 Å². The van der Waals surface area contributed by atoms with Gasteiger partial charge >= 0.3 is 0 Å². The first-order valence-corrected chi connectivity index (χ1v) is 10.9. The Morgan fingerprint density at radius 1 is 1.03 bits per heavy atom. The van der Waals surface area contributed by atoms with Gasteiger partial charge in [0.1, 0.15) is 5.75 Å². The zero-order valence-electron chi connectivity index (χ0n) is 18.0. The summed E-state index contributed by atoms with van der Waals surface area (Å²) in [6.07, 6.45) is 1.18. The molecule has 0 aromatic heterocycles. The smallest absolute Gasteiger partial charge is 0.220 e. The third-order valence-corrected chi connectivity index (χ3v) is 5.96. The third kappa shape index (κ3) is 5.43. The Kier molecular flexibility index (Phi) is 7.18. The molecule has 1 fully saturated rings. The predicted molar refractivity (Wildman–Crippen MR) is 123 cm³/mol. The molecule has 1 aliphatic heterocycles. The summed E-state index contributed by atoms with van der Waals surface area (Å²) in [7, 11) is 1.66. The van der Waals surface area contributed by atoms with Crippen LogP contribution < -0.4 is 10.1 Å². The molecule has 0 spiro atoms. The number of hydrogen-bond donors (Lipinski definition) is 1. The third-order valence-electron chi connectivity index (χ3n) is 5.96. The summed E-state index contributed by atoms with van der Waals surface area (Å²) >= 11 is 0. The van der Waals surface area contributed by atoms with E-state index in [1.165, 1.54) is 16.3 Å². The van der Waals surface area contributed by atoms with Crippen LogP contribution in [0.4, 0.5) is 0 Å². The standard InChI is InChI=1S/C26H30N2O3/c1-30-22-12-9-20(10-13-22)11-14-26(29)27-19-25(28-15-17-31-18-16-28)24-8-4-6-21-5-2-3-7-23(21)24/h2-10,12-13,25H,11,14-19H2,1H3,(H,27,29)/t25-/m1/s1. The highest BCUT2D eigenvalue weighted by molar-refractivity contribution is 5.86. The highest BCUT2D eigenvalue weighted by Crippen LogP contribution is 2.28. The molecule has 3 aromatic rings. The fourth-order valence-electron chi connectivity index (χ4n) is 4.21. The summed E-state index contributed by atoms with van der Waals surface area (Å²) in [5.74, 6) is 0.908. The monoisotopic (exact) mass is 418 g/mol. The minimum atomic E-state index is 0.0781. The average Bonchev–Trinajstić information content (AvgIpc) is 2.84. The molecule has 3 aromatic carbocycles. The Labute approximate surface area is 184 Å². The molecule has 5 heteroatoms. The van der Waals surface area contributed by atoms with Crippen molar-refractivity contribution in [2.75, 3.05) is 40.0 Å². The van der Waals surface area contributed by atoms with E-state index in [9.17, 15) is 4.79 Å².